The molecule has 0 saturated heterocycles. The van der Waals surface area contributed by atoms with Crippen molar-refractivity contribution in [2.24, 2.45) is 0 Å². The summed E-state index contributed by atoms with van der Waals surface area (Å²) in [4.78, 5) is 24.0. The number of halogens is 1. The van der Waals surface area contributed by atoms with Gasteiger partial charge in [0.1, 0.15) is 16.2 Å². The average molecular weight is 448 g/mol. The number of aryl methyl sites for hydroxylation is 2. The summed E-state index contributed by atoms with van der Waals surface area (Å²) in [5.74, 6) is -0.0202. The van der Waals surface area contributed by atoms with Crippen LogP contribution in [0.5, 0.6) is 0 Å². The third kappa shape index (κ3) is 3.66. The van der Waals surface area contributed by atoms with Gasteiger partial charge >= 0.3 is 0 Å². The molecule has 2 aromatic heterocycles. The first-order valence-electron chi connectivity index (χ1n) is 8.60. The Labute approximate surface area is 169 Å². The SMILES string of the molecule is C[C@H](Sc1ncnc2sc3c(c12)CCCC3)C(=O)Nc1ccc(Br)cc1. The number of hydrogen-bond donors (Lipinski definition) is 1. The standard InChI is InChI=1S/C19H18BrN3OS2/c1-11(17(24)23-13-8-6-12(20)7-9-13)25-18-16-14-4-2-3-5-15(14)26-19(16)22-10-21-18/h6-11H,2-5H2,1H3,(H,23,24)/t11-/m0/s1. The summed E-state index contributed by atoms with van der Waals surface area (Å²) in [5.41, 5.74) is 2.20. The highest BCUT2D eigenvalue weighted by Gasteiger charge is 2.23. The molecule has 3 aromatic rings. The first kappa shape index (κ1) is 17.9. The zero-order chi connectivity index (χ0) is 18.1. The van der Waals surface area contributed by atoms with Crippen LogP contribution in [-0.4, -0.2) is 21.1 Å². The highest BCUT2D eigenvalue weighted by Crippen LogP contribution is 2.40. The van der Waals surface area contributed by atoms with Crippen LogP contribution in [0.2, 0.25) is 0 Å². The lowest BCUT2D eigenvalue weighted by Gasteiger charge is -2.14. The number of hydrogen-bond acceptors (Lipinski definition) is 5. The molecule has 4 nitrogen and oxygen atoms in total. The van der Waals surface area contributed by atoms with Gasteiger partial charge in [0, 0.05) is 20.4 Å². The van der Waals surface area contributed by atoms with Crippen LogP contribution in [0, 0.1) is 0 Å². The number of thiophene rings is 1. The molecule has 4 rings (SSSR count). The number of benzene rings is 1. The molecule has 0 bridgehead atoms. The van der Waals surface area contributed by atoms with E-state index >= 15 is 0 Å². The van der Waals surface area contributed by atoms with E-state index in [1.165, 1.54) is 40.4 Å². The van der Waals surface area contributed by atoms with Crippen molar-refractivity contribution in [3.63, 3.8) is 0 Å². The normalized spacial score (nSPS) is 14.8. The Hall–Kier alpha value is -1.44. The number of amides is 1. The maximum absolute atomic E-state index is 12.6. The minimum Gasteiger partial charge on any atom is -0.325 e. The Morgan fingerprint density at radius 2 is 2.00 bits per heavy atom. The summed E-state index contributed by atoms with van der Waals surface area (Å²) in [7, 11) is 0. The van der Waals surface area contributed by atoms with Crippen LogP contribution in [0.15, 0.2) is 40.1 Å². The van der Waals surface area contributed by atoms with Crippen molar-refractivity contribution in [1.29, 1.82) is 0 Å². The Bertz CT molecular complexity index is 955. The molecule has 0 spiro atoms. The van der Waals surface area contributed by atoms with E-state index in [0.29, 0.717) is 0 Å². The third-order valence-corrected chi connectivity index (χ3v) is 7.31. The fourth-order valence-corrected chi connectivity index (χ4v) is 5.65. The number of aromatic nitrogens is 2. The van der Waals surface area contributed by atoms with Crippen LogP contribution in [0.1, 0.15) is 30.2 Å². The summed E-state index contributed by atoms with van der Waals surface area (Å²) in [5, 5.41) is 4.82. The Kier molecular flexibility index (Phi) is 5.29. The molecule has 1 amide bonds. The Morgan fingerprint density at radius 1 is 1.23 bits per heavy atom. The van der Waals surface area contributed by atoms with Crippen molar-refractivity contribution in [1.82, 2.24) is 9.97 Å². The molecule has 134 valence electrons. The van der Waals surface area contributed by atoms with Gasteiger partial charge in [-0.1, -0.05) is 27.7 Å². The fraction of sp³-hybridized carbons (Fsp3) is 0.316. The number of rotatable bonds is 4. The molecule has 0 unspecified atom stereocenters. The Balaban J connectivity index is 1.55. The second-order valence-electron chi connectivity index (χ2n) is 6.33. The van der Waals surface area contributed by atoms with E-state index in [9.17, 15) is 4.79 Å². The van der Waals surface area contributed by atoms with Gasteiger partial charge in [0.15, 0.2) is 0 Å². The summed E-state index contributed by atoms with van der Waals surface area (Å²) < 4.78 is 0.989. The smallest absolute Gasteiger partial charge is 0.237 e. The molecular weight excluding hydrogens is 430 g/mol. The lowest BCUT2D eigenvalue weighted by molar-refractivity contribution is -0.115. The molecule has 0 aliphatic heterocycles. The van der Waals surface area contributed by atoms with Gasteiger partial charge in [-0.05, 0) is 62.4 Å². The fourth-order valence-electron chi connectivity index (χ4n) is 3.15. The molecule has 2 heterocycles. The zero-order valence-electron chi connectivity index (χ0n) is 14.3. The van der Waals surface area contributed by atoms with Crippen LogP contribution in [0.4, 0.5) is 5.69 Å². The first-order valence-corrected chi connectivity index (χ1v) is 11.1. The van der Waals surface area contributed by atoms with E-state index in [0.717, 1.165) is 32.9 Å². The molecular formula is C19H18BrN3OS2. The molecule has 1 aromatic carbocycles. The molecule has 1 atom stereocenters. The van der Waals surface area contributed by atoms with Gasteiger partial charge < -0.3 is 5.32 Å². The summed E-state index contributed by atoms with van der Waals surface area (Å²) >= 11 is 6.70. The number of anilines is 1. The van der Waals surface area contributed by atoms with Gasteiger partial charge in [0.05, 0.1) is 5.25 Å². The van der Waals surface area contributed by atoms with E-state index in [4.69, 9.17) is 0 Å². The van der Waals surface area contributed by atoms with Crippen molar-refractivity contribution in [2.45, 2.75) is 42.9 Å². The van der Waals surface area contributed by atoms with Gasteiger partial charge in [0.25, 0.3) is 0 Å². The number of nitrogens with one attached hydrogen (secondary N) is 1. The molecule has 0 fully saturated rings. The predicted octanol–water partition coefficient (Wildman–Crippen LogP) is 5.45. The van der Waals surface area contributed by atoms with E-state index < -0.39 is 0 Å². The molecule has 0 saturated carbocycles. The van der Waals surface area contributed by atoms with E-state index in [1.54, 1.807) is 17.7 Å². The summed E-state index contributed by atoms with van der Waals surface area (Å²) in [6.45, 7) is 1.92. The largest absolute Gasteiger partial charge is 0.325 e. The van der Waals surface area contributed by atoms with Crippen LogP contribution in [0.3, 0.4) is 0 Å². The van der Waals surface area contributed by atoms with E-state index in [-0.39, 0.29) is 11.2 Å². The molecule has 0 radical (unpaired) electrons. The van der Waals surface area contributed by atoms with Gasteiger partial charge in [-0.3, -0.25) is 4.79 Å². The van der Waals surface area contributed by atoms with Crippen molar-refractivity contribution >= 4 is 60.8 Å². The number of carbonyl (C=O) groups is 1. The van der Waals surface area contributed by atoms with E-state index in [2.05, 4.69) is 31.2 Å². The van der Waals surface area contributed by atoms with Crippen LogP contribution < -0.4 is 5.32 Å². The Morgan fingerprint density at radius 3 is 2.81 bits per heavy atom. The lowest BCUT2D eigenvalue weighted by atomic mass is 9.97. The topological polar surface area (TPSA) is 54.9 Å². The van der Waals surface area contributed by atoms with Crippen LogP contribution >= 0.6 is 39.0 Å². The predicted molar refractivity (Wildman–Crippen MR) is 112 cm³/mol. The van der Waals surface area contributed by atoms with Gasteiger partial charge in [-0.25, -0.2) is 9.97 Å². The molecule has 1 aliphatic carbocycles. The first-order chi connectivity index (χ1) is 12.6. The number of nitrogens with zero attached hydrogens (tertiary/aromatic N) is 2. The van der Waals surface area contributed by atoms with Crippen molar-refractivity contribution in [2.75, 3.05) is 5.32 Å². The van der Waals surface area contributed by atoms with E-state index in [1.807, 2.05) is 31.2 Å². The number of carbonyl (C=O) groups excluding carboxylic acids is 1. The maximum Gasteiger partial charge on any atom is 0.237 e. The minimum absolute atomic E-state index is 0.0202. The molecule has 26 heavy (non-hydrogen) atoms. The second-order valence-corrected chi connectivity index (χ2v) is 9.65. The highest BCUT2D eigenvalue weighted by atomic mass is 79.9. The molecule has 1 N–H and O–H groups in total. The monoisotopic (exact) mass is 447 g/mol. The lowest BCUT2D eigenvalue weighted by Crippen LogP contribution is -2.22. The second kappa shape index (κ2) is 7.66. The van der Waals surface area contributed by atoms with Gasteiger partial charge in [-0.15, -0.1) is 11.3 Å². The summed E-state index contributed by atoms with van der Waals surface area (Å²) in [6.07, 6.45) is 6.32. The van der Waals surface area contributed by atoms with Gasteiger partial charge in [-0.2, -0.15) is 0 Å². The number of thioether (sulfide) groups is 1. The van der Waals surface area contributed by atoms with Crippen molar-refractivity contribution in [3.05, 3.63) is 45.5 Å². The third-order valence-electron chi connectivity index (χ3n) is 4.49. The van der Waals surface area contributed by atoms with Gasteiger partial charge in [0.2, 0.25) is 5.91 Å². The highest BCUT2D eigenvalue weighted by molar-refractivity contribution is 9.10. The van der Waals surface area contributed by atoms with Crippen molar-refractivity contribution < 1.29 is 4.79 Å². The van der Waals surface area contributed by atoms with Crippen molar-refractivity contribution in [3.8, 4) is 0 Å². The summed E-state index contributed by atoms with van der Waals surface area (Å²) in [6, 6.07) is 7.60. The zero-order valence-corrected chi connectivity index (χ0v) is 17.5. The van der Waals surface area contributed by atoms with Crippen LogP contribution in [-0.2, 0) is 17.6 Å². The minimum atomic E-state index is -0.240. The number of fused-ring (bicyclic) bond motifs is 3. The average Bonchev–Trinajstić information content (AvgIpc) is 3.03. The molecule has 1 aliphatic rings. The maximum atomic E-state index is 12.6. The quantitative estimate of drug-likeness (QED) is 0.426. The molecule has 7 heteroatoms. The van der Waals surface area contributed by atoms with Crippen LogP contribution in [0.25, 0.3) is 10.2 Å².